The molecule has 0 bridgehead atoms. The Labute approximate surface area is 126 Å². The molecule has 1 aromatic rings. The van der Waals surface area contributed by atoms with Gasteiger partial charge in [0.15, 0.2) is 0 Å². The highest BCUT2D eigenvalue weighted by Crippen LogP contribution is 2.34. The second kappa shape index (κ2) is 6.80. The van der Waals surface area contributed by atoms with Crippen LogP contribution in [0.5, 0.6) is 0 Å². The van der Waals surface area contributed by atoms with Crippen LogP contribution in [0.25, 0.3) is 0 Å². The maximum atomic E-state index is 12.6. The lowest BCUT2D eigenvalue weighted by atomic mass is 9.82. The van der Waals surface area contributed by atoms with Crippen LogP contribution in [0.15, 0.2) is 22.7 Å². The number of hydrogen-bond donors (Lipinski definition) is 2. The molecular weight excluding hydrogens is 333 g/mol. The minimum Gasteiger partial charge on any atom is -0.384 e. The van der Waals surface area contributed by atoms with Gasteiger partial charge in [0, 0.05) is 16.7 Å². The molecule has 3 N–H and O–H groups in total. The highest BCUT2D eigenvalue weighted by molar-refractivity contribution is 9.10. The number of nitrogens with one attached hydrogen (secondary N) is 1. The first-order valence-electron chi connectivity index (χ1n) is 6.58. The van der Waals surface area contributed by atoms with Crippen LogP contribution in [0.1, 0.15) is 32.3 Å². The lowest BCUT2D eigenvalue weighted by Crippen LogP contribution is -2.36. The molecular formula is C14H20BrF3N2. The lowest BCUT2D eigenvalue weighted by Gasteiger charge is -2.31. The molecule has 1 aromatic carbocycles. The van der Waals surface area contributed by atoms with Crippen molar-refractivity contribution >= 4 is 21.6 Å². The van der Waals surface area contributed by atoms with Gasteiger partial charge in [-0.3, -0.25) is 0 Å². The summed E-state index contributed by atoms with van der Waals surface area (Å²) in [5, 5.41) is 3.19. The van der Waals surface area contributed by atoms with E-state index in [0.717, 1.165) is 25.0 Å². The first-order valence-corrected chi connectivity index (χ1v) is 7.38. The van der Waals surface area contributed by atoms with Crippen molar-refractivity contribution in [2.75, 3.05) is 18.4 Å². The zero-order valence-corrected chi connectivity index (χ0v) is 13.2. The van der Waals surface area contributed by atoms with Crippen LogP contribution in [-0.4, -0.2) is 13.1 Å². The zero-order valence-electron chi connectivity index (χ0n) is 11.6. The maximum absolute atomic E-state index is 12.6. The fourth-order valence-electron chi connectivity index (χ4n) is 1.98. The van der Waals surface area contributed by atoms with Crippen molar-refractivity contribution in [1.82, 2.24) is 0 Å². The Balaban J connectivity index is 2.84. The normalized spacial score (nSPS) is 12.6. The molecule has 0 aromatic heterocycles. The molecule has 0 fully saturated rings. The van der Waals surface area contributed by atoms with E-state index in [9.17, 15) is 13.2 Å². The van der Waals surface area contributed by atoms with E-state index in [4.69, 9.17) is 5.73 Å². The van der Waals surface area contributed by atoms with Crippen molar-refractivity contribution in [3.63, 3.8) is 0 Å². The number of rotatable bonds is 6. The third-order valence-electron chi connectivity index (χ3n) is 3.88. The van der Waals surface area contributed by atoms with E-state index in [2.05, 4.69) is 35.1 Å². The van der Waals surface area contributed by atoms with E-state index in [0.29, 0.717) is 23.2 Å². The number of hydrogen-bond acceptors (Lipinski definition) is 2. The largest absolute Gasteiger partial charge is 0.416 e. The molecule has 114 valence electrons. The van der Waals surface area contributed by atoms with Gasteiger partial charge in [0.2, 0.25) is 0 Å². The number of benzene rings is 1. The summed E-state index contributed by atoms with van der Waals surface area (Å²) in [6.45, 7) is 5.32. The van der Waals surface area contributed by atoms with Crippen LogP contribution in [0.4, 0.5) is 18.9 Å². The molecule has 1 rings (SSSR count). The highest BCUT2D eigenvalue weighted by Gasteiger charge is 2.31. The second-order valence-electron chi connectivity index (χ2n) is 4.96. The van der Waals surface area contributed by atoms with Crippen molar-refractivity contribution in [2.24, 2.45) is 11.1 Å². The Morgan fingerprint density at radius 1 is 1.20 bits per heavy atom. The molecule has 0 amide bonds. The average Bonchev–Trinajstić information content (AvgIpc) is 2.41. The topological polar surface area (TPSA) is 38.0 Å². The summed E-state index contributed by atoms with van der Waals surface area (Å²) < 4.78 is 38.1. The van der Waals surface area contributed by atoms with E-state index < -0.39 is 11.7 Å². The lowest BCUT2D eigenvalue weighted by molar-refractivity contribution is -0.137. The van der Waals surface area contributed by atoms with Gasteiger partial charge >= 0.3 is 6.18 Å². The molecule has 0 aliphatic rings. The molecule has 6 heteroatoms. The summed E-state index contributed by atoms with van der Waals surface area (Å²) in [6.07, 6.45) is -2.48. The standard InChI is InChI=1S/C14H20BrF3N2/c1-3-13(4-2,8-19)9-20-12-6-5-10(7-11(12)15)14(16,17)18/h5-7,20H,3-4,8-9,19H2,1-2H3. The van der Waals surface area contributed by atoms with Gasteiger partial charge in [-0.2, -0.15) is 13.2 Å². The van der Waals surface area contributed by atoms with Crippen molar-refractivity contribution in [3.8, 4) is 0 Å². The smallest absolute Gasteiger partial charge is 0.384 e. The Bertz CT molecular complexity index is 434. The third kappa shape index (κ3) is 4.12. The van der Waals surface area contributed by atoms with Gasteiger partial charge in [-0.1, -0.05) is 13.8 Å². The van der Waals surface area contributed by atoms with E-state index in [1.807, 2.05) is 0 Å². The molecule has 0 unspecified atom stereocenters. The van der Waals surface area contributed by atoms with Crippen LogP contribution in [-0.2, 0) is 6.18 Å². The Morgan fingerprint density at radius 2 is 1.80 bits per heavy atom. The predicted molar refractivity (Wildman–Crippen MR) is 79.7 cm³/mol. The second-order valence-corrected chi connectivity index (χ2v) is 5.81. The minimum atomic E-state index is -4.32. The third-order valence-corrected chi connectivity index (χ3v) is 4.54. The fourth-order valence-corrected chi connectivity index (χ4v) is 2.50. The molecule has 0 saturated carbocycles. The number of nitrogens with two attached hydrogens (primary N) is 1. The molecule has 0 heterocycles. The summed E-state index contributed by atoms with van der Waals surface area (Å²) in [4.78, 5) is 0. The average molecular weight is 353 g/mol. The summed E-state index contributed by atoms with van der Waals surface area (Å²) in [5.41, 5.74) is 5.78. The number of halogens is 4. The van der Waals surface area contributed by atoms with Gasteiger partial charge < -0.3 is 11.1 Å². The van der Waals surface area contributed by atoms with Gasteiger partial charge in [0.1, 0.15) is 0 Å². The van der Waals surface area contributed by atoms with Gasteiger partial charge in [0.05, 0.1) is 5.56 Å². The van der Waals surface area contributed by atoms with E-state index in [1.165, 1.54) is 6.07 Å². The zero-order chi connectivity index (χ0) is 15.4. The van der Waals surface area contributed by atoms with E-state index in [-0.39, 0.29) is 5.41 Å². The molecule has 0 saturated heterocycles. The fraction of sp³-hybridized carbons (Fsp3) is 0.571. The molecule has 20 heavy (non-hydrogen) atoms. The van der Waals surface area contributed by atoms with E-state index >= 15 is 0 Å². The Morgan fingerprint density at radius 3 is 2.20 bits per heavy atom. The van der Waals surface area contributed by atoms with Crippen LogP contribution in [0.2, 0.25) is 0 Å². The number of anilines is 1. The monoisotopic (exact) mass is 352 g/mol. The van der Waals surface area contributed by atoms with Gasteiger partial charge in [-0.15, -0.1) is 0 Å². The summed E-state index contributed by atoms with van der Waals surface area (Å²) >= 11 is 3.18. The van der Waals surface area contributed by atoms with Crippen LogP contribution >= 0.6 is 15.9 Å². The van der Waals surface area contributed by atoms with Crippen molar-refractivity contribution in [1.29, 1.82) is 0 Å². The van der Waals surface area contributed by atoms with Crippen molar-refractivity contribution in [2.45, 2.75) is 32.9 Å². The highest BCUT2D eigenvalue weighted by atomic mass is 79.9. The van der Waals surface area contributed by atoms with Crippen LogP contribution in [0, 0.1) is 5.41 Å². The quantitative estimate of drug-likeness (QED) is 0.782. The van der Waals surface area contributed by atoms with Gasteiger partial charge in [0.25, 0.3) is 0 Å². The van der Waals surface area contributed by atoms with E-state index in [1.54, 1.807) is 0 Å². The van der Waals surface area contributed by atoms with Crippen molar-refractivity contribution in [3.05, 3.63) is 28.2 Å². The van der Waals surface area contributed by atoms with Crippen molar-refractivity contribution < 1.29 is 13.2 Å². The SMILES string of the molecule is CCC(CC)(CN)CNc1ccc(C(F)(F)F)cc1Br. The molecule has 0 aliphatic carbocycles. The maximum Gasteiger partial charge on any atom is 0.416 e. The predicted octanol–water partition coefficient (Wildman–Crippen LogP) is 4.64. The molecule has 0 aliphatic heterocycles. The summed E-state index contributed by atoms with van der Waals surface area (Å²) in [6, 6.07) is 3.61. The van der Waals surface area contributed by atoms with Crippen LogP contribution in [0.3, 0.4) is 0 Å². The molecule has 2 nitrogen and oxygen atoms in total. The Kier molecular flexibility index (Phi) is 5.89. The summed E-state index contributed by atoms with van der Waals surface area (Å²) in [5.74, 6) is 0. The number of alkyl halides is 3. The molecule has 0 atom stereocenters. The molecule has 0 spiro atoms. The first kappa shape index (κ1) is 17.3. The Hall–Kier alpha value is -0.750. The van der Waals surface area contributed by atoms with Crippen LogP contribution < -0.4 is 11.1 Å². The van der Waals surface area contributed by atoms with Gasteiger partial charge in [-0.05, 0) is 58.9 Å². The minimum absolute atomic E-state index is 0.0257. The van der Waals surface area contributed by atoms with Gasteiger partial charge in [-0.25, -0.2) is 0 Å². The summed E-state index contributed by atoms with van der Waals surface area (Å²) in [7, 11) is 0. The molecule has 0 radical (unpaired) electrons. The first-order chi connectivity index (χ1) is 9.28.